The normalized spacial score (nSPS) is 11.6. The highest BCUT2D eigenvalue weighted by molar-refractivity contribution is 7.85. The van der Waals surface area contributed by atoms with E-state index in [1.54, 1.807) is 11.3 Å². The Morgan fingerprint density at radius 3 is 2.71 bits per heavy atom. The van der Waals surface area contributed by atoms with Crippen LogP contribution in [0.2, 0.25) is 0 Å². The van der Waals surface area contributed by atoms with Crippen molar-refractivity contribution < 1.29 is 12.6 Å². The molecule has 0 aliphatic carbocycles. The summed E-state index contributed by atoms with van der Waals surface area (Å²) in [5, 5.41) is 4.06. The van der Waals surface area contributed by atoms with E-state index in [9.17, 15) is 8.42 Å². The van der Waals surface area contributed by atoms with Crippen molar-refractivity contribution in [3.8, 4) is 11.1 Å². The van der Waals surface area contributed by atoms with Crippen molar-refractivity contribution >= 4 is 21.5 Å². The van der Waals surface area contributed by atoms with Crippen LogP contribution in [0.1, 0.15) is 5.56 Å². The van der Waals surface area contributed by atoms with Gasteiger partial charge in [0.05, 0.1) is 12.9 Å². The largest absolute Gasteiger partial charge is 0.265 e. The average Bonchev–Trinajstić information content (AvgIpc) is 2.79. The third kappa shape index (κ3) is 3.66. The van der Waals surface area contributed by atoms with Gasteiger partial charge in [0.25, 0.3) is 10.1 Å². The second kappa shape index (κ2) is 5.00. The number of benzene rings is 1. The summed E-state index contributed by atoms with van der Waals surface area (Å²) in [5.74, 6) is 0. The van der Waals surface area contributed by atoms with E-state index in [1.807, 2.05) is 35.7 Å². The molecular formula is C12H12O3S2. The summed E-state index contributed by atoms with van der Waals surface area (Å²) >= 11 is 1.63. The molecule has 0 unspecified atom stereocenters. The molecule has 0 atom stereocenters. The van der Waals surface area contributed by atoms with E-state index in [-0.39, 0.29) is 6.61 Å². The van der Waals surface area contributed by atoms with E-state index >= 15 is 0 Å². The highest BCUT2D eigenvalue weighted by Crippen LogP contribution is 2.23. The Labute approximate surface area is 105 Å². The van der Waals surface area contributed by atoms with Gasteiger partial charge in [0.2, 0.25) is 0 Å². The van der Waals surface area contributed by atoms with E-state index < -0.39 is 10.1 Å². The minimum atomic E-state index is -3.39. The zero-order chi connectivity index (χ0) is 12.3. The Hall–Kier alpha value is -1.17. The minimum absolute atomic E-state index is 0.0802. The molecule has 1 heterocycles. The van der Waals surface area contributed by atoms with Crippen LogP contribution in [-0.2, 0) is 20.9 Å². The molecule has 0 amide bonds. The monoisotopic (exact) mass is 268 g/mol. The maximum Gasteiger partial charge on any atom is 0.264 e. The van der Waals surface area contributed by atoms with E-state index in [1.165, 1.54) is 0 Å². The summed E-state index contributed by atoms with van der Waals surface area (Å²) < 4.78 is 26.6. The lowest BCUT2D eigenvalue weighted by molar-refractivity contribution is 0.312. The first-order chi connectivity index (χ1) is 8.04. The van der Waals surface area contributed by atoms with Crippen molar-refractivity contribution in [2.75, 3.05) is 6.26 Å². The Balaban J connectivity index is 2.18. The fourth-order valence-electron chi connectivity index (χ4n) is 1.44. The lowest BCUT2D eigenvalue weighted by Crippen LogP contribution is -2.02. The maximum absolute atomic E-state index is 10.9. The molecule has 0 aliphatic rings. The van der Waals surface area contributed by atoms with Crippen molar-refractivity contribution in [3.05, 3.63) is 46.7 Å². The fourth-order valence-corrected chi connectivity index (χ4v) is 2.46. The third-order valence-corrected chi connectivity index (χ3v) is 3.45. The average molecular weight is 268 g/mol. The second-order valence-electron chi connectivity index (χ2n) is 3.68. The Bertz CT molecular complexity index is 586. The molecule has 0 aliphatic heterocycles. The van der Waals surface area contributed by atoms with Crippen LogP contribution in [0.15, 0.2) is 41.1 Å². The van der Waals surface area contributed by atoms with E-state index in [0.717, 1.165) is 22.9 Å². The van der Waals surface area contributed by atoms with Crippen molar-refractivity contribution in [2.45, 2.75) is 6.61 Å². The molecule has 0 bridgehead atoms. The first kappa shape index (κ1) is 12.3. The first-order valence-electron chi connectivity index (χ1n) is 5.00. The van der Waals surface area contributed by atoms with Gasteiger partial charge in [-0.25, -0.2) is 0 Å². The molecule has 0 N–H and O–H groups in total. The van der Waals surface area contributed by atoms with Crippen LogP contribution >= 0.6 is 11.3 Å². The quantitative estimate of drug-likeness (QED) is 0.801. The van der Waals surface area contributed by atoms with Gasteiger partial charge >= 0.3 is 0 Å². The topological polar surface area (TPSA) is 43.4 Å². The molecule has 0 saturated carbocycles. The molecule has 1 aromatic heterocycles. The first-order valence-corrected chi connectivity index (χ1v) is 7.76. The van der Waals surface area contributed by atoms with Gasteiger partial charge in [-0.3, -0.25) is 4.18 Å². The molecule has 90 valence electrons. The molecular weight excluding hydrogens is 256 g/mol. The van der Waals surface area contributed by atoms with Crippen molar-refractivity contribution in [2.24, 2.45) is 0 Å². The summed E-state index contributed by atoms with van der Waals surface area (Å²) in [6.45, 7) is 0.0802. The number of hydrogen-bond acceptors (Lipinski definition) is 4. The van der Waals surface area contributed by atoms with Gasteiger partial charge in [0.1, 0.15) is 0 Å². The number of rotatable bonds is 4. The Morgan fingerprint density at radius 1 is 1.24 bits per heavy atom. The van der Waals surface area contributed by atoms with Crippen LogP contribution in [0.3, 0.4) is 0 Å². The molecule has 0 saturated heterocycles. The van der Waals surface area contributed by atoms with Crippen LogP contribution in [0, 0.1) is 0 Å². The smallest absolute Gasteiger partial charge is 0.264 e. The van der Waals surface area contributed by atoms with Crippen molar-refractivity contribution in [1.29, 1.82) is 0 Å². The third-order valence-electron chi connectivity index (χ3n) is 2.22. The van der Waals surface area contributed by atoms with E-state index in [0.29, 0.717) is 0 Å². The SMILES string of the molecule is CS(=O)(=O)OCc1cccc(-c2ccsc2)c1. The number of hydrogen-bond donors (Lipinski definition) is 0. The molecule has 2 rings (SSSR count). The minimum Gasteiger partial charge on any atom is -0.265 e. The molecule has 17 heavy (non-hydrogen) atoms. The number of thiophene rings is 1. The molecule has 2 aromatic rings. The molecule has 0 radical (unpaired) electrons. The Morgan fingerprint density at radius 2 is 2.06 bits per heavy atom. The fraction of sp³-hybridized carbons (Fsp3) is 0.167. The van der Waals surface area contributed by atoms with Gasteiger partial charge in [-0.1, -0.05) is 18.2 Å². The predicted molar refractivity (Wildman–Crippen MR) is 69.4 cm³/mol. The summed E-state index contributed by atoms with van der Waals surface area (Å²) in [5.41, 5.74) is 3.05. The maximum atomic E-state index is 10.9. The van der Waals surface area contributed by atoms with Gasteiger partial charge in [0.15, 0.2) is 0 Å². The molecule has 5 heteroatoms. The zero-order valence-electron chi connectivity index (χ0n) is 9.29. The van der Waals surface area contributed by atoms with Crippen molar-refractivity contribution in [3.63, 3.8) is 0 Å². The summed E-state index contributed by atoms with van der Waals surface area (Å²) in [6.07, 6.45) is 1.05. The van der Waals surface area contributed by atoms with Crippen LogP contribution in [0.25, 0.3) is 11.1 Å². The van der Waals surface area contributed by atoms with Gasteiger partial charge in [0, 0.05) is 0 Å². The lowest BCUT2D eigenvalue weighted by Gasteiger charge is -2.04. The Kier molecular flexibility index (Phi) is 3.61. The molecule has 0 fully saturated rings. The van der Waals surface area contributed by atoms with Crippen LogP contribution in [0.5, 0.6) is 0 Å². The highest BCUT2D eigenvalue weighted by atomic mass is 32.2. The summed E-state index contributed by atoms with van der Waals surface area (Å²) in [4.78, 5) is 0. The predicted octanol–water partition coefficient (Wildman–Crippen LogP) is 2.89. The van der Waals surface area contributed by atoms with Gasteiger partial charge < -0.3 is 0 Å². The van der Waals surface area contributed by atoms with Gasteiger partial charge in [-0.05, 0) is 39.6 Å². The van der Waals surface area contributed by atoms with Crippen molar-refractivity contribution in [1.82, 2.24) is 0 Å². The lowest BCUT2D eigenvalue weighted by atomic mass is 10.1. The van der Waals surface area contributed by atoms with Crippen LogP contribution < -0.4 is 0 Å². The molecule has 0 spiro atoms. The van der Waals surface area contributed by atoms with Gasteiger partial charge in [-0.2, -0.15) is 19.8 Å². The zero-order valence-corrected chi connectivity index (χ0v) is 10.9. The standard InChI is InChI=1S/C12H12O3S2/c1-17(13,14)15-8-10-3-2-4-11(7-10)12-5-6-16-9-12/h2-7,9H,8H2,1H3. The van der Waals surface area contributed by atoms with Crippen LogP contribution in [0.4, 0.5) is 0 Å². The summed E-state index contributed by atoms with van der Waals surface area (Å²) in [7, 11) is -3.39. The van der Waals surface area contributed by atoms with E-state index in [4.69, 9.17) is 4.18 Å². The van der Waals surface area contributed by atoms with Crippen LogP contribution in [-0.4, -0.2) is 14.7 Å². The summed E-state index contributed by atoms with van der Waals surface area (Å²) in [6, 6.07) is 9.70. The second-order valence-corrected chi connectivity index (χ2v) is 6.10. The molecule has 3 nitrogen and oxygen atoms in total. The molecule has 1 aromatic carbocycles. The van der Waals surface area contributed by atoms with E-state index in [2.05, 4.69) is 5.38 Å². The highest BCUT2D eigenvalue weighted by Gasteiger charge is 2.04. The van der Waals surface area contributed by atoms with Gasteiger partial charge in [-0.15, -0.1) is 0 Å².